The molecule has 140 valence electrons. The van der Waals surface area contributed by atoms with Crippen LogP contribution in [0.5, 0.6) is 0 Å². The van der Waals surface area contributed by atoms with Crippen LogP contribution in [0, 0.1) is 12.7 Å². The lowest BCUT2D eigenvalue weighted by Crippen LogP contribution is -2.21. The van der Waals surface area contributed by atoms with Crippen molar-refractivity contribution in [1.82, 2.24) is 0 Å². The number of fused-ring (bicyclic) bond motifs is 3. The van der Waals surface area contributed by atoms with Gasteiger partial charge in [0.15, 0.2) is 6.61 Å². The lowest BCUT2D eigenvalue weighted by Gasteiger charge is -2.06. The molecule has 0 bridgehead atoms. The Kier molecular flexibility index (Phi) is 4.53. The van der Waals surface area contributed by atoms with Crippen LogP contribution in [0.15, 0.2) is 65.1 Å². The molecule has 0 radical (unpaired) electrons. The number of nitrogens with one attached hydrogen (secondary N) is 1. The normalized spacial score (nSPS) is 10.9. The quantitative estimate of drug-likeness (QED) is 0.517. The van der Waals surface area contributed by atoms with E-state index in [0.717, 1.165) is 16.2 Å². The van der Waals surface area contributed by atoms with Crippen LogP contribution in [0.4, 0.5) is 10.1 Å². The zero-order chi connectivity index (χ0) is 19.7. The monoisotopic (exact) mass is 377 g/mol. The van der Waals surface area contributed by atoms with E-state index in [1.54, 1.807) is 13.0 Å². The standard InChI is InChI=1S/C22H16FNO4/c1-13-15-11-10-14-6-2-3-7-16(14)21(15)28-20(13)22(26)27-12-19(25)24-18-9-5-4-8-17(18)23/h2-11H,12H2,1H3,(H,24,25). The topological polar surface area (TPSA) is 68.5 Å². The molecule has 3 aromatic carbocycles. The van der Waals surface area contributed by atoms with E-state index in [2.05, 4.69) is 5.32 Å². The summed E-state index contributed by atoms with van der Waals surface area (Å²) >= 11 is 0. The van der Waals surface area contributed by atoms with E-state index in [1.807, 2.05) is 36.4 Å². The largest absolute Gasteiger partial charge is 0.450 e. The number of anilines is 1. The first-order valence-electron chi connectivity index (χ1n) is 8.67. The van der Waals surface area contributed by atoms with E-state index >= 15 is 0 Å². The maximum Gasteiger partial charge on any atom is 0.375 e. The average Bonchev–Trinajstić information content (AvgIpc) is 3.05. The van der Waals surface area contributed by atoms with Crippen LogP contribution in [0.3, 0.4) is 0 Å². The molecular formula is C22H16FNO4. The summed E-state index contributed by atoms with van der Waals surface area (Å²) in [6.45, 7) is 1.21. The molecule has 0 aliphatic carbocycles. The van der Waals surface area contributed by atoms with Gasteiger partial charge in [-0.05, 0) is 24.4 Å². The third-order valence-electron chi connectivity index (χ3n) is 4.50. The molecule has 1 N–H and O–H groups in total. The number of benzene rings is 3. The third-order valence-corrected chi connectivity index (χ3v) is 4.50. The van der Waals surface area contributed by atoms with Crippen molar-refractivity contribution in [2.24, 2.45) is 0 Å². The minimum absolute atomic E-state index is 0.0231. The Morgan fingerprint density at radius 1 is 1.00 bits per heavy atom. The lowest BCUT2D eigenvalue weighted by molar-refractivity contribution is -0.119. The van der Waals surface area contributed by atoms with Gasteiger partial charge in [-0.1, -0.05) is 48.5 Å². The molecule has 0 fully saturated rings. The van der Waals surface area contributed by atoms with Crippen molar-refractivity contribution in [3.63, 3.8) is 0 Å². The van der Waals surface area contributed by atoms with Crippen LogP contribution >= 0.6 is 0 Å². The van der Waals surface area contributed by atoms with Crippen LogP contribution in [0.2, 0.25) is 0 Å². The van der Waals surface area contributed by atoms with Gasteiger partial charge in [0, 0.05) is 16.3 Å². The fraction of sp³-hybridized carbons (Fsp3) is 0.0909. The number of ether oxygens (including phenoxy) is 1. The van der Waals surface area contributed by atoms with Crippen molar-refractivity contribution in [1.29, 1.82) is 0 Å². The van der Waals surface area contributed by atoms with Crippen molar-refractivity contribution >= 4 is 39.3 Å². The number of esters is 1. The first-order chi connectivity index (χ1) is 13.5. The predicted octanol–water partition coefficient (Wildman–Crippen LogP) is 4.83. The van der Waals surface area contributed by atoms with Crippen molar-refractivity contribution in [2.75, 3.05) is 11.9 Å². The molecule has 1 aromatic heterocycles. The van der Waals surface area contributed by atoms with Crippen LogP contribution in [-0.4, -0.2) is 18.5 Å². The van der Waals surface area contributed by atoms with E-state index in [-0.39, 0.29) is 11.4 Å². The molecule has 5 nitrogen and oxygen atoms in total. The lowest BCUT2D eigenvalue weighted by atomic mass is 10.1. The Morgan fingerprint density at radius 3 is 2.57 bits per heavy atom. The minimum atomic E-state index is -0.749. The predicted molar refractivity (Wildman–Crippen MR) is 104 cm³/mol. The van der Waals surface area contributed by atoms with E-state index in [1.165, 1.54) is 18.2 Å². The second kappa shape index (κ2) is 7.15. The van der Waals surface area contributed by atoms with Crippen molar-refractivity contribution in [3.05, 3.63) is 77.8 Å². The molecule has 6 heteroatoms. The first kappa shape index (κ1) is 17.7. The van der Waals surface area contributed by atoms with Crippen LogP contribution in [-0.2, 0) is 9.53 Å². The molecule has 0 atom stereocenters. The number of aryl methyl sites for hydroxylation is 1. The Morgan fingerprint density at radius 2 is 1.75 bits per heavy atom. The molecule has 0 aliphatic heterocycles. The fourth-order valence-corrected chi connectivity index (χ4v) is 3.09. The Balaban J connectivity index is 1.53. The Labute approximate surface area is 159 Å². The molecular weight excluding hydrogens is 361 g/mol. The van der Waals surface area contributed by atoms with Crippen molar-refractivity contribution < 1.29 is 23.1 Å². The number of furan rings is 1. The molecule has 1 heterocycles. The highest BCUT2D eigenvalue weighted by Crippen LogP contribution is 2.32. The molecule has 4 aromatic rings. The summed E-state index contributed by atoms with van der Waals surface area (Å²) in [4.78, 5) is 24.4. The zero-order valence-electron chi connectivity index (χ0n) is 15.0. The number of para-hydroxylation sites is 1. The van der Waals surface area contributed by atoms with E-state index in [4.69, 9.17) is 9.15 Å². The second-order valence-corrected chi connectivity index (χ2v) is 6.32. The number of halogens is 1. The number of hydrogen-bond donors (Lipinski definition) is 1. The SMILES string of the molecule is Cc1c(C(=O)OCC(=O)Nc2ccccc2F)oc2c1ccc1ccccc12. The van der Waals surface area contributed by atoms with Gasteiger partial charge in [-0.3, -0.25) is 4.79 Å². The second-order valence-electron chi connectivity index (χ2n) is 6.32. The van der Waals surface area contributed by atoms with Gasteiger partial charge in [0.05, 0.1) is 5.69 Å². The van der Waals surface area contributed by atoms with Crippen molar-refractivity contribution in [2.45, 2.75) is 6.92 Å². The zero-order valence-corrected chi connectivity index (χ0v) is 15.0. The number of amides is 1. The summed E-state index contributed by atoms with van der Waals surface area (Å²) in [7, 11) is 0. The van der Waals surface area contributed by atoms with Gasteiger partial charge in [0.1, 0.15) is 11.4 Å². The Hall–Kier alpha value is -3.67. The van der Waals surface area contributed by atoms with Gasteiger partial charge in [-0.25, -0.2) is 9.18 Å². The molecule has 0 saturated carbocycles. The van der Waals surface area contributed by atoms with E-state index < -0.39 is 24.3 Å². The Bertz CT molecular complexity index is 1210. The van der Waals surface area contributed by atoms with Crippen LogP contribution in [0.25, 0.3) is 21.7 Å². The number of rotatable bonds is 4. The highest BCUT2D eigenvalue weighted by Gasteiger charge is 2.21. The van der Waals surface area contributed by atoms with Crippen LogP contribution < -0.4 is 5.32 Å². The fourth-order valence-electron chi connectivity index (χ4n) is 3.09. The molecule has 0 aliphatic rings. The average molecular weight is 377 g/mol. The van der Waals surface area contributed by atoms with Gasteiger partial charge in [0.25, 0.3) is 5.91 Å². The van der Waals surface area contributed by atoms with E-state index in [0.29, 0.717) is 11.1 Å². The molecule has 0 unspecified atom stereocenters. The third kappa shape index (κ3) is 3.20. The van der Waals surface area contributed by atoms with E-state index in [9.17, 15) is 14.0 Å². The van der Waals surface area contributed by atoms with Crippen molar-refractivity contribution in [3.8, 4) is 0 Å². The molecule has 0 spiro atoms. The maximum atomic E-state index is 13.6. The highest BCUT2D eigenvalue weighted by molar-refractivity contribution is 6.08. The highest BCUT2D eigenvalue weighted by atomic mass is 19.1. The van der Waals surface area contributed by atoms with Crippen LogP contribution in [0.1, 0.15) is 16.1 Å². The molecule has 1 amide bonds. The summed E-state index contributed by atoms with van der Waals surface area (Å²) in [5, 5.41) is 5.05. The summed E-state index contributed by atoms with van der Waals surface area (Å²) in [6, 6.07) is 17.3. The molecule has 0 saturated heterocycles. The number of hydrogen-bond acceptors (Lipinski definition) is 4. The summed E-state index contributed by atoms with van der Waals surface area (Å²) in [6.07, 6.45) is 0. The first-order valence-corrected chi connectivity index (χ1v) is 8.67. The smallest absolute Gasteiger partial charge is 0.375 e. The van der Waals surface area contributed by atoms with Gasteiger partial charge >= 0.3 is 5.97 Å². The molecule has 4 rings (SSSR count). The minimum Gasteiger partial charge on any atom is -0.450 e. The maximum absolute atomic E-state index is 13.6. The van der Waals surface area contributed by atoms with Gasteiger partial charge < -0.3 is 14.5 Å². The molecule has 28 heavy (non-hydrogen) atoms. The summed E-state index contributed by atoms with van der Waals surface area (Å²) in [5.41, 5.74) is 1.26. The van der Waals surface area contributed by atoms with Gasteiger partial charge in [-0.2, -0.15) is 0 Å². The van der Waals surface area contributed by atoms with Gasteiger partial charge in [0.2, 0.25) is 5.76 Å². The number of carbonyl (C=O) groups excluding carboxylic acids is 2. The van der Waals surface area contributed by atoms with Gasteiger partial charge in [-0.15, -0.1) is 0 Å². The summed E-state index contributed by atoms with van der Waals surface area (Å²) in [5.74, 6) is -1.91. The summed E-state index contributed by atoms with van der Waals surface area (Å²) < 4.78 is 24.4. The number of carbonyl (C=O) groups is 2.